The molecule has 0 saturated heterocycles. The Kier molecular flexibility index (Phi) is 7.75. The summed E-state index contributed by atoms with van der Waals surface area (Å²) in [6.45, 7) is 8.20. The van der Waals surface area contributed by atoms with Gasteiger partial charge in [0, 0.05) is 25.6 Å². The average Bonchev–Trinajstić information content (AvgIpc) is 3.17. The van der Waals surface area contributed by atoms with Crippen molar-refractivity contribution in [2.24, 2.45) is 39.7 Å². The summed E-state index contributed by atoms with van der Waals surface area (Å²) in [6.07, 6.45) is 10.6. The number of allylic oxidation sites excluding steroid dienone is 1. The van der Waals surface area contributed by atoms with Gasteiger partial charge in [0.15, 0.2) is 0 Å². The number of carbonyl (C=O) groups is 1. The Morgan fingerprint density at radius 3 is 2.71 bits per heavy atom. The Morgan fingerprint density at radius 1 is 1.18 bits per heavy atom. The van der Waals surface area contributed by atoms with Crippen LogP contribution in [0, 0.1) is 34.5 Å². The number of rotatable bonds is 7. The van der Waals surface area contributed by atoms with Gasteiger partial charge in [-0.3, -0.25) is 4.84 Å². The van der Waals surface area contributed by atoms with Gasteiger partial charge in [-0.15, -0.1) is 0 Å². The summed E-state index contributed by atoms with van der Waals surface area (Å²) in [7, 11) is 1.83. The number of nitrogens with one attached hydrogen (secondary N) is 1. The number of carbonyl (C=O) groups excluding carboxylic acids is 1. The quantitative estimate of drug-likeness (QED) is 0.224. The molecule has 0 aromatic carbocycles. The molecule has 0 radical (unpaired) electrons. The van der Waals surface area contributed by atoms with Gasteiger partial charge >= 0.3 is 6.09 Å². The highest BCUT2D eigenvalue weighted by Crippen LogP contribution is 2.66. The van der Waals surface area contributed by atoms with Gasteiger partial charge < -0.3 is 20.4 Å². The van der Waals surface area contributed by atoms with Crippen molar-refractivity contribution in [3.63, 3.8) is 0 Å². The summed E-state index contributed by atoms with van der Waals surface area (Å²) >= 11 is 0. The van der Waals surface area contributed by atoms with E-state index in [1.165, 1.54) is 36.2 Å². The van der Waals surface area contributed by atoms with Crippen LogP contribution >= 0.6 is 0 Å². The smallest absolute Gasteiger partial charge is 0.395 e. The minimum absolute atomic E-state index is 0.0960. The number of nitrogens with zero attached hydrogens (tertiary/aromatic N) is 2. The van der Waals surface area contributed by atoms with Crippen LogP contribution in [0.4, 0.5) is 4.79 Å². The molecule has 34 heavy (non-hydrogen) atoms. The maximum atomic E-state index is 12.5. The Balaban J connectivity index is 1.45. The first-order valence-electron chi connectivity index (χ1n) is 13.4. The van der Waals surface area contributed by atoms with Gasteiger partial charge in [-0.1, -0.05) is 30.7 Å². The highest BCUT2D eigenvalue weighted by Gasteiger charge is 2.59. The van der Waals surface area contributed by atoms with Gasteiger partial charge in [-0.2, -0.15) is 0 Å². The standard InChI is InChI=1S/C27H45N3O4/c1-18(29-34-25(33)30(15-16-31)14-13-28-4)22-7-8-23-21-6-5-19-17-20(32)9-11-26(19,2)24(21)10-12-27(22,23)3/h17,20-24,28,31-32H,5-16H2,1-4H3/b29-18+/t20-,21-,22+,23-,24-,26-,27+/m0/s1. The van der Waals surface area contributed by atoms with E-state index in [0.717, 1.165) is 37.3 Å². The first-order chi connectivity index (χ1) is 16.2. The van der Waals surface area contributed by atoms with E-state index in [4.69, 9.17) is 4.84 Å². The third kappa shape index (κ3) is 4.56. The van der Waals surface area contributed by atoms with Crippen molar-refractivity contribution in [1.29, 1.82) is 0 Å². The zero-order chi connectivity index (χ0) is 24.5. The van der Waals surface area contributed by atoms with Gasteiger partial charge in [0.2, 0.25) is 0 Å². The molecule has 0 spiro atoms. The number of aliphatic hydroxyl groups excluding tert-OH is 2. The average molecular weight is 476 g/mol. The molecule has 4 aliphatic rings. The molecule has 7 nitrogen and oxygen atoms in total. The number of oxime groups is 1. The van der Waals surface area contributed by atoms with E-state index in [-0.39, 0.29) is 30.1 Å². The van der Waals surface area contributed by atoms with Gasteiger partial charge in [-0.05, 0) is 93.9 Å². The zero-order valence-electron chi connectivity index (χ0n) is 21.6. The molecule has 0 aromatic heterocycles. The van der Waals surface area contributed by atoms with E-state index in [0.29, 0.717) is 30.8 Å². The Hall–Kier alpha value is -1.44. The molecular formula is C27H45N3O4. The molecule has 7 heteroatoms. The van der Waals surface area contributed by atoms with Crippen LogP contribution in [0.2, 0.25) is 0 Å². The third-order valence-corrected chi connectivity index (χ3v) is 10.1. The molecule has 4 aliphatic carbocycles. The van der Waals surface area contributed by atoms with E-state index in [1.807, 2.05) is 14.0 Å². The van der Waals surface area contributed by atoms with Crippen molar-refractivity contribution in [1.82, 2.24) is 10.2 Å². The molecule has 0 bridgehead atoms. The second kappa shape index (κ2) is 10.3. The number of amides is 1. The van der Waals surface area contributed by atoms with E-state index >= 15 is 0 Å². The fraction of sp³-hybridized carbons (Fsp3) is 0.852. The van der Waals surface area contributed by atoms with Crippen LogP contribution in [0.25, 0.3) is 0 Å². The maximum absolute atomic E-state index is 12.5. The fourth-order valence-electron chi connectivity index (χ4n) is 8.29. The molecule has 3 N–H and O–H groups in total. The highest BCUT2D eigenvalue weighted by atomic mass is 16.7. The highest BCUT2D eigenvalue weighted by molar-refractivity contribution is 5.85. The van der Waals surface area contributed by atoms with Crippen LogP contribution in [0.15, 0.2) is 16.8 Å². The molecule has 7 atom stereocenters. The van der Waals surface area contributed by atoms with E-state index < -0.39 is 6.09 Å². The number of hydrogen-bond donors (Lipinski definition) is 3. The maximum Gasteiger partial charge on any atom is 0.436 e. The molecule has 0 aliphatic heterocycles. The lowest BCUT2D eigenvalue weighted by Gasteiger charge is -2.58. The van der Waals surface area contributed by atoms with Gasteiger partial charge in [0.25, 0.3) is 0 Å². The molecule has 3 saturated carbocycles. The Bertz CT molecular complexity index is 814. The molecule has 1 amide bonds. The van der Waals surface area contributed by atoms with Crippen molar-refractivity contribution in [2.45, 2.75) is 78.2 Å². The third-order valence-electron chi connectivity index (χ3n) is 10.1. The van der Waals surface area contributed by atoms with Crippen LogP contribution in [-0.2, 0) is 4.84 Å². The van der Waals surface area contributed by atoms with E-state index in [1.54, 1.807) is 0 Å². The van der Waals surface area contributed by atoms with Gasteiger partial charge in [0.05, 0.1) is 18.4 Å². The summed E-state index contributed by atoms with van der Waals surface area (Å²) in [4.78, 5) is 19.4. The topological polar surface area (TPSA) is 94.4 Å². The first-order valence-corrected chi connectivity index (χ1v) is 13.4. The monoisotopic (exact) mass is 475 g/mol. The summed E-state index contributed by atoms with van der Waals surface area (Å²) in [5.74, 6) is 2.47. The minimum atomic E-state index is -0.494. The number of fused-ring (bicyclic) bond motifs is 5. The minimum Gasteiger partial charge on any atom is -0.395 e. The number of aliphatic hydroxyl groups is 2. The van der Waals surface area contributed by atoms with Crippen LogP contribution in [-0.4, -0.2) is 66.3 Å². The predicted octanol–water partition coefficient (Wildman–Crippen LogP) is 3.95. The Morgan fingerprint density at radius 2 is 1.97 bits per heavy atom. The van der Waals surface area contributed by atoms with Gasteiger partial charge in [-0.25, -0.2) is 4.79 Å². The molecular weight excluding hydrogens is 430 g/mol. The lowest BCUT2D eigenvalue weighted by atomic mass is 9.46. The Labute approximate surface area is 205 Å². The van der Waals surface area contributed by atoms with Gasteiger partial charge in [0.1, 0.15) is 0 Å². The largest absolute Gasteiger partial charge is 0.436 e. The molecule has 192 valence electrons. The summed E-state index contributed by atoms with van der Waals surface area (Å²) in [6, 6.07) is 0. The van der Waals surface area contributed by atoms with Crippen molar-refractivity contribution >= 4 is 11.8 Å². The molecule has 0 heterocycles. The van der Waals surface area contributed by atoms with Crippen LogP contribution in [0.5, 0.6) is 0 Å². The summed E-state index contributed by atoms with van der Waals surface area (Å²) in [5, 5.41) is 26.8. The number of hydrogen-bond acceptors (Lipinski definition) is 6. The van der Waals surface area contributed by atoms with Crippen molar-refractivity contribution in [3.8, 4) is 0 Å². The fourth-order valence-corrected chi connectivity index (χ4v) is 8.29. The first kappa shape index (κ1) is 25.6. The molecule has 4 rings (SSSR count). The van der Waals surface area contributed by atoms with Crippen molar-refractivity contribution < 1.29 is 19.8 Å². The SMILES string of the molecule is CNCCN(CCO)C(=O)O/N=C(\C)[C@H]1CC[C@H]2[C@@H]3CCC4=C[C@@H](O)CC[C@]4(C)[C@H]3CC[C@]12C. The van der Waals surface area contributed by atoms with Crippen LogP contribution in [0.3, 0.4) is 0 Å². The second-order valence-electron chi connectivity index (χ2n) is 11.7. The lowest BCUT2D eigenvalue weighted by Crippen LogP contribution is -2.51. The van der Waals surface area contributed by atoms with E-state index in [9.17, 15) is 15.0 Å². The normalized spacial score (nSPS) is 39.5. The predicted molar refractivity (Wildman–Crippen MR) is 133 cm³/mol. The van der Waals surface area contributed by atoms with Crippen LogP contribution < -0.4 is 5.32 Å². The summed E-state index contributed by atoms with van der Waals surface area (Å²) in [5.41, 5.74) is 2.90. The van der Waals surface area contributed by atoms with Crippen molar-refractivity contribution in [3.05, 3.63) is 11.6 Å². The van der Waals surface area contributed by atoms with E-state index in [2.05, 4.69) is 30.4 Å². The second-order valence-corrected chi connectivity index (χ2v) is 11.7. The van der Waals surface area contributed by atoms with Crippen LogP contribution in [0.1, 0.15) is 72.1 Å². The zero-order valence-corrected chi connectivity index (χ0v) is 21.6. The lowest BCUT2D eigenvalue weighted by molar-refractivity contribution is -0.0479. The molecule has 3 fully saturated rings. The molecule has 0 aromatic rings. The summed E-state index contributed by atoms with van der Waals surface area (Å²) < 4.78 is 0. The number of likely N-dealkylation sites (N-methyl/N-ethyl adjacent to an activating group) is 1. The molecule has 0 unspecified atom stereocenters. The van der Waals surface area contributed by atoms with Crippen molar-refractivity contribution in [2.75, 3.05) is 33.3 Å².